The Morgan fingerprint density at radius 1 is 0.379 bits per heavy atom. The molecule has 6 nitrogen and oxygen atoms in total. The fraction of sp³-hybridized carbons (Fsp3) is 0.558. The number of hydrogen-bond acceptors (Lipinski definition) is 6. The van der Waals surface area contributed by atoms with Crippen molar-refractivity contribution in [3.8, 4) is 0 Å². The van der Waals surface area contributed by atoms with Crippen LogP contribution in [0.3, 0.4) is 0 Å². The Labute approximate surface area is 354 Å². The van der Waals surface area contributed by atoms with Gasteiger partial charge in [0.15, 0.2) is 6.10 Å². The molecule has 0 rings (SSSR count). The molecule has 0 saturated heterocycles. The van der Waals surface area contributed by atoms with E-state index in [2.05, 4.69) is 93.7 Å². The van der Waals surface area contributed by atoms with Crippen LogP contribution in [0.5, 0.6) is 0 Å². The van der Waals surface area contributed by atoms with Crippen molar-refractivity contribution in [1.29, 1.82) is 0 Å². The molecule has 0 aliphatic carbocycles. The fourth-order valence-electron chi connectivity index (χ4n) is 5.42. The molecule has 1 atom stereocenters. The smallest absolute Gasteiger partial charge is 0.306 e. The van der Waals surface area contributed by atoms with Gasteiger partial charge in [0, 0.05) is 19.3 Å². The summed E-state index contributed by atoms with van der Waals surface area (Å²) in [5, 5.41) is 0. The number of esters is 3. The van der Waals surface area contributed by atoms with E-state index in [0.717, 1.165) is 89.9 Å². The van der Waals surface area contributed by atoms with Crippen molar-refractivity contribution in [3.05, 3.63) is 122 Å². The highest BCUT2D eigenvalue weighted by molar-refractivity contribution is 5.71. The Kier molecular flexibility index (Phi) is 42.2. The van der Waals surface area contributed by atoms with Crippen LogP contribution in [0.4, 0.5) is 0 Å². The predicted octanol–water partition coefficient (Wildman–Crippen LogP) is 14.6. The van der Waals surface area contributed by atoms with Gasteiger partial charge in [0.1, 0.15) is 13.2 Å². The van der Waals surface area contributed by atoms with Gasteiger partial charge >= 0.3 is 17.9 Å². The lowest BCUT2D eigenvalue weighted by molar-refractivity contribution is -0.166. The molecule has 0 amide bonds. The minimum atomic E-state index is -0.833. The zero-order valence-corrected chi connectivity index (χ0v) is 36.8. The minimum absolute atomic E-state index is 0.126. The van der Waals surface area contributed by atoms with Crippen molar-refractivity contribution < 1.29 is 28.6 Å². The largest absolute Gasteiger partial charge is 0.462 e. The second-order valence-corrected chi connectivity index (χ2v) is 14.3. The lowest BCUT2D eigenvalue weighted by atomic mass is 10.1. The summed E-state index contributed by atoms with van der Waals surface area (Å²) >= 11 is 0. The Morgan fingerprint density at radius 3 is 1.38 bits per heavy atom. The van der Waals surface area contributed by atoms with E-state index in [-0.39, 0.29) is 44.0 Å². The molecule has 0 aromatic heterocycles. The topological polar surface area (TPSA) is 78.9 Å². The molecule has 6 heteroatoms. The van der Waals surface area contributed by atoms with Gasteiger partial charge in [0.25, 0.3) is 0 Å². The number of carbonyl (C=O) groups excluding carboxylic acids is 3. The first-order valence-electron chi connectivity index (χ1n) is 22.6. The molecule has 324 valence electrons. The summed E-state index contributed by atoms with van der Waals surface area (Å²) in [5.41, 5.74) is 0. The van der Waals surface area contributed by atoms with Gasteiger partial charge in [0.2, 0.25) is 0 Å². The van der Waals surface area contributed by atoms with Crippen LogP contribution in [0.25, 0.3) is 0 Å². The molecule has 0 bridgehead atoms. The molecule has 1 unspecified atom stereocenters. The average molecular weight is 801 g/mol. The summed E-state index contributed by atoms with van der Waals surface area (Å²) in [7, 11) is 0. The third-order valence-electron chi connectivity index (χ3n) is 8.79. The highest BCUT2D eigenvalue weighted by Gasteiger charge is 2.19. The summed E-state index contributed by atoms with van der Waals surface area (Å²) < 4.78 is 16.6. The van der Waals surface area contributed by atoms with E-state index >= 15 is 0 Å². The lowest BCUT2D eigenvalue weighted by Gasteiger charge is -2.18. The van der Waals surface area contributed by atoms with E-state index in [1.807, 2.05) is 48.6 Å². The summed E-state index contributed by atoms with van der Waals surface area (Å²) in [6, 6.07) is 0. The monoisotopic (exact) mass is 801 g/mol. The molecule has 0 heterocycles. The first-order valence-corrected chi connectivity index (χ1v) is 22.6. The third-order valence-corrected chi connectivity index (χ3v) is 8.79. The molecule has 0 radical (unpaired) electrons. The van der Waals surface area contributed by atoms with E-state index in [0.29, 0.717) is 19.3 Å². The maximum Gasteiger partial charge on any atom is 0.306 e. The quantitative estimate of drug-likeness (QED) is 0.0203. The van der Waals surface area contributed by atoms with E-state index in [1.165, 1.54) is 25.7 Å². The van der Waals surface area contributed by atoms with Gasteiger partial charge in [-0.2, -0.15) is 0 Å². The van der Waals surface area contributed by atoms with Crippen LogP contribution in [0.2, 0.25) is 0 Å². The molecule has 0 aromatic rings. The molecule has 0 spiro atoms. The van der Waals surface area contributed by atoms with Crippen molar-refractivity contribution in [3.63, 3.8) is 0 Å². The first kappa shape index (κ1) is 53.8. The fourth-order valence-corrected chi connectivity index (χ4v) is 5.42. The predicted molar refractivity (Wildman–Crippen MR) is 246 cm³/mol. The van der Waals surface area contributed by atoms with E-state index < -0.39 is 6.10 Å². The van der Waals surface area contributed by atoms with Crippen LogP contribution in [0, 0.1) is 0 Å². The van der Waals surface area contributed by atoms with Crippen molar-refractivity contribution in [1.82, 2.24) is 0 Å². The minimum Gasteiger partial charge on any atom is -0.462 e. The summed E-state index contributed by atoms with van der Waals surface area (Å²) in [5.74, 6) is -1.08. The number of allylic oxidation sites excluding steroid dienone is 20. The second kappa shape index (κ2) is 45.5. The average Bonchev–Trinajstić information content (AvgIpc) is 3.22. The van der Waals surface area contributed by atoms with Crippen LogP contribution >= 0.6 is 0 Å². The highest BCUT2D eigenvalue weighted by atomic mass is 16.6. The van der Waals surface area contributed by atoms with Crippen molar-refractivity contribution in [2.75, 3.05) is 13.2 Å². The van der Waals surface area contributed by atoms with Crippen molar-refractivity contribution in [2.45, 2.75) is 175 Å². The summed E-state index contributed by atoms with van der Waals surface area (Å²) in [6.07, 6.45) is 61.9. The van der Waals surface area contributed by atoms with E-state index in [9.17, 15) is 14.4 Å². The normalized spacial score (nSPS) is 13.2. The van der Waals surface area contributed by atoms with E-state index in [1.54, 1.807) is 0 Å². The van der Waals surface area contributed by atoms with Gasteiger partial charge in [-0.05, 0) is 89.9 Å². The number of rotatable bonds is 38. The van der Waals surface area contributed by atoms with Gasteiger partial charge in [-0.25, -0.2) is 0 Å². The Hall–Kier alpha value is -4.19. The Bertz CT molecular complexity index is 1290. The molecular weight excluding hydrogens is 721 g/mol. The standard InChI is InChI=1S/C52H80O6/c1-4-7-10-13-16-19-22-24-25-26-28-30-33-36-39-42-45-51(54)57-48-49(47-56-50(53)44-41-38-35-32-29-21-18-15-12-9-6-3)58-52(55)46-43-40-37-34-31-27-23-20-17-14-11-8-5-2/h7-8,10-11,14-20,23-25,27-28,30-31,36,39,49H,4-6,9,12-13,21-22,26,29,32-35,37-38,40-48H2,1-3H3/b10-7-,11-8-,17-14-,18-15-,19-16-,23-20-,25-24-,30-28-,31-27-,39-36-. The number of carbonyl (C=O) groups is 3. The SMILES string of the molecule is CC\C=C/C=C\C=C/C=C\CCCCCC(=O)OC(COC(=O)CC/C=C\C/C=C\C/C=C\C/C=C\C/C=C\CC)COC(=O)CCCCCCC/C=C\CCCC. The molecular formula is C52H80O6. The molecule has 0 aliphatic rings. The number of hydrogen-bond donors (Lipinski definition) is 0. The van der Waals surface area contributed by atoms with Crippen LogP contribution in [-0.4, -0.2) is 37.2 Å². The summed E-state index contributed by atoms with van der Waals surface area (Å²) in [4.78, 5) is 37.7. The molecule has 0 N–H and O–H groups in total. The number of unbranched alkanes of at least 4 members (excludes halogenated alkanes) is 10. The summed E-state index contributed by atoms with van der Waals surface area (Å²) in [6.45, 7) is 6.19. The molecule has 58 heavy (non-hydrogen) atoms. The first-order chi connectivity index (χ1) is 28.5. The van der Waals surface area contributed by atoms with Gasteiger partial charge in [-0.15, -0.1) is 0 Å². The maximum absolute atomic E-state index is 12.7. The van der Waals surface area contributed by atoms with Gasteiger partial charge in [-0.1, -0.05) is 181 Å². The van der Waals surface area contributed by atoms with Crippen LogP contribution in [0.1, 0.15) is 168 Å². The zero-order chi connectivity index (χ0) is 42.3. The Morgan fingerprint density at radius 2 is 0.793 bits per heavy atom. The van der Waals surface area contributed by atoms with Crippen LogP contribution in [0.15, 0.2) is 122 Å². The van der Waals surface area contributed by atoms with Crippen molar-refractivity contribution >= 4 is 17.9 Å². The molecule has 0 saturated carbocycles. The molecule has 0 fully saturated rings. The van der Waals surface area contributed by atoms with Crippen LogP contribution < -0.4 is 0 Å². The van der Waals surface area contributed by atoms with Gasteiger partial charge in [0.05, 0.1) is 0 Å². The van der Waals surface area contributed by atoms with E-state index in [4.69, 9.17) is 14.2 Å². The zero-order valence-electron chi connectivity index (χ0n) is 36.8. The second-order valence-electron chi connectivity index (χ2n) is 14.3. The van der Waals surface area contributed by atoms with Crippen LogP contribution in [-0.2, 0) is 28.6 Å². The third kappa shape index (κ3) is 42.9. The van der Waals surface area contributed by atoms with Gasteiger partial charge < -0.3 is 14.2 Å². The number of ether oxygens (including phenoxy) is 3. The highest BCUT2D eigenvalue weighted by Crippen LogP contribution is 2.11. The molecule has 0 aliphatic heterocycles. The lowest BCUT2D eigenvalue weighted by Crippen LogP contribution is -2.30. The Balaban J connectivity index is 4.60. The maximum atomic E-state index is 12.7. The van der Waals surface area contributed by atoms with Crippen molar-refractivity contribution in [2.24, 2.45) is 0 Å². The van der Waals surface area contributed by atoms with Gasteiger partial charge in [-0.3, -0.25) is 14.4 Å². The molecule has 0 aromatic carbocycles.